The number of nitrogens with zero attached hydrogens (tertiary/aromatic N) is 4. The van der Waals surface area contributed by atoms with Gasteiger partial charge in [-0.05, 0) is 56.7 Å². The molecule has 0 aromatic carbocycles. The summed E-state index contributed by atoms with van der Waals surface area (Å²) in [6.07, 6.45) is 3.22. The smallest absolute Gasteiger partial charge is 0.242 e. The Hall–Kier alpha value is -2.15. The fourth-order valence-corrected chi connectivity index (χ4v) is 3.92. The summed E-state index contributed by atoms with van der Waals surface area (Å²) in [5.41, 5.74) is 9.73. The number of hydrogen-bond donors (Lipinski definition) is 1. The lowest BCUT2D eigenvalue weighted by Gasteiger charge is -2.31. The molecular weight excluding hydrogens is 330 g/mol. The van der Waals surface area contributed by atoms with Crippen LogP contribution in [-0.4, -0.2) is 52.3 Å². The van der Waals surface area contributed by atoms with Crippen molar-refractivity contribution in [1.82, 2.24) is 19.7 Å². The molecule has 0 saturated carbocycles. The number of carbonyl (C=O) groups excluding carboxylic acids is 1. The van der Waals surface area contributed by atoms with Crippen LogP contribution in [0.3, 0.4) is 0 Å². The zero-order chi connectivity index (χ0) is 18.8. The molecule has 2 N–H and O–H groups in total. The predicted octanol–water partition coefficient (Wildman–Crippen LogP) is 1.72. The third-order valence-corrected chi connectivity index (χ3v) is 5.61. The van der Waals surface area contributed by atoms with Gasteiger partial charge < -0.3 is 15.4 Å². The third-order valence-electron chi connectivity index (χ3n) is 5.61. The average Bonchev–Trinajstić information content (AvgIpc) is 2.97. The molecule has 1 amide bonds. The monoisotopic (exact) mass is 359 g/mol. The first-order chi connectivity index (χ1) is 12.5. The molecule has 0 radical (unpaired) electrons. The van der Waals surface area contributed by atoms with Crippen molar-refractivity contribution in [2.75, 3.05) is 26.7 Å². The molecular formula is C19H29N5O2. The van der Waals surface area contributed by atoms with Crippen LogP contribution in [0.4, 0.5) is 0 Å². The minimum atomic E-state index is 0.220. The fraction of sp³-hybridized carbons (Fsp3) is 0.632. The van der Waals surface area contributed by atoms with Gasteiger partial charge in [0.15, 0.2) is 5.65 Å². The molecule has 7 heteroatoms. The fourth-order valence-electron chi connectivity index (χ4n) is 3.92. The quantitative estimate of drug-likeness (QED) is 0.878. The molecule has 1 fully saturated rings. The molecule has 0 aliphatic carbocycles. The number of pyridine rings is 1. The molecule has 0 unspecified atom stereocenters. The van der Waals surface area contributed by atoms with E-state index in [0.717, 1.165) is 60.3 Å². The number of ether oxygens (including phenoxy) is 1. The van der Waals surface area contributed by atoms with Crippen LogP contribution < -0.4 is 10.5 Å². The van der Waals surface area contributed by atoms with Crippen LogP contribution in [0.25, 0.3) is 11.0 Å². The average molecular weight is 359 g/mol. The van der Waals surface area contributed by atoms with E-state index in [4.69, 9.17) is 15.5 Å². The van der Waals surface area contributed by atoms with Crippen molar-refractivity contribution < 1.29 is 9.53 Å². The van der Waals surface area contributed by atoms with E-state index < -0.39 is 0 Å². The SMILES string of the molecule is COc1nn(C)c2nc(C)c(CCC(=O)N3CCC(CN)CC3)c(C)c12. The number of amides is 1. The number of likely N-dealkylation sites (tertiary alicyclic amines) is 1. The number of rotatable bonds is 5. The van der Waals surface area contributed by atoms with Gasteiger partial charge in [0.05, 0.1) is 12.5 Å². The van der Waals surface area contributed by atoms with Crippen molar-refractivity contribution in [2.24, 2.45) is 18.7 Å². The Labute approximate surface area is 154 Å². The second-order valence-electron chi connectivity index (χ2n) is 7.19. The van der Waals surface area contributed by atoms with Crippen LogP contribution in [0.15, 0.2) is 0 Å². The van der Waals surface area contributed by atoms with Gasteiger partial charge in [-0.2, -0.15) is 0 Å². The van der Waals surface area contributed by atoms with Crippen LogP contribution >= 0.6 is 0 Å². The number of methoxy groups -OCH3 is 1. The Kier molecular flexibility index (Phi) is 5.46. The molecule has 0 atom stereocenters. The highest BCUT2D eigenvalue weighted by Crippen LogP contribution is 2.30. The summed E-state index contributed by atoms with van der Waals surface area (Å²) in [6, 6.07) is 0. The van der Waals surface area contributed by atoms with Gasteiger partial charge in [-0.25, -0.2) is 9.67 Å². The van der Waals surface area contributed by atoms with Crippen molar-refractivity contribution in [2.45, 2.75) is 39.5 Å². The molecule has 2 aromatic heterocycles. The van der Waals surface area contributed by atoms with Crippen LogP contribution in [0.1, 0.15) is 36.1 Å². The highest BCUT2D eigenvalue weighted by molar-refractivity contribution is 5.86. The maximum atomic E-state index is 12.6. The lowest BCUT2D eigenvalue weighted by Crippen LogP contribution is -2.40. The van der Waals surface area contributed by atoms with Gasteiger partial charge in [0, 0.05) is 32.3 Å². The largest absolute Gasteiger partial charge is 0.479 e. The number of hydrogen-bond acceptors (Lipinski definition) is 5. The predicted molar refractivity (Wildman–Crippen MR) is 101 cm³/mol. The normalized spacial score (nSPS) is 15.7. The molecule has 2 aromatic rings. The summed E-state index contributed by atoms with van der Waals surface area (Å²) in [5.74, 6) is 1.37. The van der Waals surface area contributed by atoms with Gasteiger partial charge >= 0.3 is 0 Å². The Balaban J connectivity index is 1.76. The summed E-state index contributed by atoms with van der Waals surface area (Å²) in [6.45, 7) is 6.43. The lowest BCUT2D eigenvalue weighted by atomic mass is 9.96. The first-order valence-electron chi connectivity index (χ1n) is 9.30. The van der Waals surface area contributed by atoms with Gasteiger partial charge in [0.25, 0.3) is 0 Å². The summed E-state index contributed by atoms with van der Waals surface area (Å²) >= 11 is 0. The first-order valence-corrected chi connectivity index (χ1v) is 9.30. The van der Waals surface area contributed by atoms with Crippen molar-refractivity contribution in [3.8, 4) is 5.88 Å². The summed E-state index contributed by atoms with van der Waals surface area (Å²) in [5, 5.41) is 5.32. The van der Waals surface area contributed by atoms with Gasteiger partial charge in [-0.1, -0.05) is 0 Å². The van der Waals surface area contributed by atoms with Crippen LogP contribution in [-0.2, 0) is 18.3 Å². The number of aryl methyl sites for hydroxylation is 3. The second kappa shape index (κ2) is 7.61. The third kappa shape index (κ3) is 3.40. The van der Waals surface area contributed by atoms with E-state index in [1.807, 2.05) is 18.9 Å². The van der Waals surface area contributed by atoms with E-state index in [9.17, 15) is 4.79 Å². The summed E-state index contributed by atoms with van der Waals surface area (Å²) in [7, 11) is 3.49. The highest BCUT2D eigenvalue weighted by Gasteiger charge is 2.23. The molecule has 0 spiro atoms. The zero-order valence-corrected chi connectivity index (χ0v) is 16.2. The van der Waals surface area contributed by atoms with E-state index in [0.29, 0.717) is 24.6 Å². The Morgan fingerprint density at radius 3 is 2.62 bits per heavy atom. The highest BCUT2D eigenvalue weighted by atomic mass is 16.5. The first kappa shape index (κ1) is 18.6. The molecule has 1 aliphatic heterocycles. The standard InChI is InChI=1S/C19H29N5O2/c1-12-15(5-6-16(25)24-9-7-14(11-20)8-10-24)13(2)21-18-17(12)19(26-4)22-23(18)3/h14H,5-11,20H2,1-4H3. The Bertz CT molecular complexity index is 806. The van der Waals surface area contributed by atoms with E-state index in [2.05, 4.69) is 12.0 Å². The Morgan fingerprint density at radius 2 is 2.00 bits per heavy atom. The molecule has 26 heavy (non-hydrogen) atoms. The molecule has 3 rings (SSSR count). The zero-order valence-electron chi connectivity index (χ0n) is 16.2. The minimum Gasteiger partial charge on any atom is -0.479 e. The molecule has 1 saturated heterocycles. The number of piperidine rings is 1. The van der Waals surface area contributed by atoms with Gasteiger partial charge in [-0.15, -0.1) is 5.10 Å². The van der Waals surface area contributed by atoms with E-state index in [1.165, 1.54) is 0 Å². The number of carbonyl (C=O) groups is 1. The van der Waals surface area contributed by atoms with Crippen LogP contribution in [0, 0.1) is 19.8 Å². The van der Waals surface area contributed by atoms with Gasteiger partial charge in [0.1, 0.15) is 0 Å². The lowest BCUT2D eigenvalue weighted by molar-refractivity contribution is -0.132. The topological polar surface area (TPSA) is 86.3 Å². The van der Waals surface area contributed by atoms with Gasteiger partial charge in [-0.3, -0.25) is 4.79 Å². The van der Waals surface area contributed by atoms with Crippen molar-refractivity contribution in [3.05, 3.63) is 16.8 Å². The van der Waals surface area contributed by atoms with Crippen molar-refractivity contribution >= 4 is 16.9 Å². The number of fused-ring (bicyclic) bond motifs is 1. The number of aromatic nitrogens is 3. The van der Waals surface area contributed by atoms with Gasteiger partial charge in [0.2, 0.25) is 11.8 Å². The molecule has 0 bridgehead atoms. The van der Waals surface area contributed by atoms with E-state index in [1.54, 1.807) is 11.8 Å². The summed E-state index contributed by atoms with van der Waals surface area (Å²) in [4.78, 5) is 19.3. The maximum absolute atomic E-state index is 12.6. The van der Waals surface area contributed by atoms with E-state index >= 15 is 0 Å². The van der Waals surface area contributed by atoms with E-state index in [-0.39, 0.29) is 5.91 Å². The molecule has 7 nitrogen and oxygen atoms in total. The van der Waals surface area contributed by atoms with Crippen LogP contribution in [0.2, 0.25) is 0 Å². The Morgan fingerprint density at radius 1 is 1.31 bits per heavy atom. The second-order valence-corrected chi connectivity index (χ2v) is 7.19. The summed E-state index contributed by atoms with van der Waals surface area (Å²) < 4.78 is 7.15. The van der Waals surface area contributed by atoms with Crippen molar-refractivity contribution in [3.63, 3.8) is 0 Å². The van der Waals surface area contributed by atoms with Crippen LogP contribution in [0.5, 0.6) is 5.88 Å². The molecule has 3 heterocycles. The molecule has 142 valence electrons. The number of nitrogens with two attached hydrogens (primary N) is 1. The van der Waals surface area contributed by atoms with Crippen molar-refractivity contribution in [1.29, 1.82) is 0 Å². The molecule has 1 aliphatic rings. The maximum Gasteiger partial charge on any atom is 0.242 e. The minimum absolute atomic E-state index is 0.220.